The van der Waals surface area contributed by atoms with Crippen LogP contribution in [0, 0.1) is 0 Å². The van der Waals surface area contributed by atoms with Crippen LogP contribution in [0.5, 0.6) is 5.75 Å². The quantitative estimate of drug-likeness (QED) is 0.817. The summed E-state index contributed by atoms with van der Waals surface area (Å²) < 4.78 is 7.94. The van der Waals surface area contributed by atoms with Crippen LogP contribution in [0.15, 0.2) is 42.7 Å². The molecule has 0 amide bonds. The molecule has 2 aromatic rings. The third-order valence-electron chi connectivity index (χ3n) is 3.78. The van der Waals surface area contributed by atoms with Crippen LogP contribution in [0.2, 0.25) is 0 Å². The lowest BCUT2D eigenvalue weighted by Gasteiger charge is -2.15. The third kappa shape index (κ3) is 3.13. The van der Waals surface area contributed by atoms with Crippen molar-refractivity contribution in [1.29, 1.82) is 0 Å². The van der Waals surface area contributed by atoms with Gasteiger partial charge in [-0.25, -0.2) is 4.98 Å². The summed E-state index contributed by atoms with van der Waals surface area (Å²) >= 11 is 0. The Labute approximate surface area is 119 Å². The monoisotopic (exact) mass is 271 g/mol. The first kappa shape index (κ1) is 13.0. The van der Waals surface area contributed by atoms with Gasteiger partial charge in [0.05, 0.1) is 6.54 Å². The van der Waals surface area contributed by atoms with Crippen molar-refractivity contribution in [2.24, 2.45) is 0 Å². The summed E-state index contributed by atoms with van der Waals surface area (Å²) in [6.45, 7) is 1.40. The number of hydrogen-bond donors (Lipinski definition) is 1. The zero-order valence-corrected chi connectivity index (χ0v) is 11.7. The van der Waals surface area contributed by atoms with E-state index in [4.69, 9.17) is 4.74 Å². The highest BCUT2D eigenvalue weighted by Crippen LogP contribution is 2.31. The topological polar surface area (TPSA) is 39.1 Å². The van der Waals surface area contributed by atoms with E-state index in [1.165, 1.54) is 25.7 Å². The van der Waals surface area contributed by atoms with Crippen LogP contribution in [-0.2, 0) is 0 Å². The smallest absolute Gasteiger partial charge is 0.203 e. The van der Waals surface area contributed by atoms with E-state index < -0.39 is 0 Å². The molecule has 1 aromatic heterocycles. The molecule has 20 heavy (non-hydrogen) atoms. The Balaban J connectivity index is 1.48. The number of anilines is 1. The molecule has 0 bridgehead atoms. The molecule has 1 aromatic carbocycles. The number of ether oxygens (including phenoxy) is 1. The first-order valence-electron chi connectivity index (χ1n) is 7.38. The molecule has 0 spiro atoms. The number of hydrogen-bond acceptors (Lipinski definition) is 3. The fraction of sp³-hybridized carbons (Fsp3) is 0.438. The fourth-order valence-corrected chi connectivity index (χ4v) is 2.78. The Kier molecular flexibility index (Phi) is 4.21. The molecule has 0 radical (unpaired) electrons. The fourth-order valence-electron chi connectivity index (χ4n) is 2.78. The second-order valence-electron chi connectivity index (χ2n) is 5.18. The Morgan fingerprint density at radius 3 is 2.80 bits per heavy atom. The molecule has 0 saturated heterocycles. The second kappa shape index (κ2) is 6.46. The Morgan fingerprint density at radius 2 is 2.00 bits per heavy atom. The van der Waals surface area contributed by atoms with Gasteiger partial charge in [0.1, 0.15) is 12.4 Å². The van der Waals surface area contributed by atoms with Crippen LogP contribution in [0.1, 0.15) is 31.7 Å². The van der Waals surface area contributed by atoms with E-state index >= 15 is 0 Å². The van der Waals surface area contributed by atoms with Crippen molar-refractivity contribution in [1.82, 2.24) is 9.55 Å². The molecule has 1 aliphatic carbocycles. The molecule has 1 fully saturated rings. The van der Waals surface area contributed by atoms with Gasteiger partial charge in [0.25, 0.3) is 0 Å². The minimum atomic E-state index is 0.620. The first-order valence-corrected chi connectivity index (χ1v) is 7.38. The summed E-state index contributed by atoms with van der Waals surface area (Å²) in [6, 6.07) is 10.5. The van der Waals surface area contributed by atoms with E-state index in [0.717, 1.165) is 18.2 Å². The van der Waals surface area contributed by atoms with Crippen LogP contribution in [0.25, 0.3) is 0 Å². The molecular formula is C16H21N3O. The van der Waals surface area contributed by atoms with Crippen molar-refractivity contribution in [3.63, 3.8) is 0 Å². The zero-order valence-electron chi connectivity index (χ0n) is 11.7. The molecule has 3 rings (SSSR count). The molecule has 1 saturated carbocycles. The highest BCUT2D eigenvalue weighted by atomic mass is 16.5. The molecule has 106 valence electrons. The number of aromatic nitrogens is 2. The van der Waals surface area contributed by atoms with E-state index in [1.54, 1.807) is 0 Å². The molecule has 4 nitrogen and oxygen atoms in total. The Bertz CT molecular complexity index is 518. The SMILES string of the molecule is c1ccc(OCCNc2nccn2C2CCCC2)cc1. The minimum absolute atomic E-state index is 0.620. The van der Waals surface area contributed by atoms with E-state index in [2.05, 4.69) is 21.1 Å². The maximum Gasteiger partial charge on any atom is 0.203 e. The molecular weight excluding hydrogens is 250 g/mol. The van der Waals surface area contributed by atoms with Crippen LogP contribution in [0.3, 0.4) is 0 Å². The predicted molar refractivity (Wildman–Crippen MR) is 80.2 cm³/mol. The Hall–Kier alpha value is -1.97. The van der Waals surface area contributed by atoms with E-state index in [-0.39, 0.29) is 0 Å². The zero-order chi connectivity index (χ0) is 13.6. The van der Waals surface area contributed by atoms with E-state index in [9.17, 15) is 0 Å². The summed E-state index contributed by atoms with van der Waals surface area (Å²) in [5, 5.41) is 3.37. The number of para-hydroxylation sites is 1. The van der Waals surface area contributed by atoms with Crippen LogP contribution >= 0.6 is 0 Å². The summed E-state index contributed by atoms with van der Waals surface area (Å²) in [6.07, 6.45) is 9.16. The lowest BCUT2D eigenvalue weighted by molar-refractivity contribution is 0.332. The number of nitrogens with one attached hydrogen (secondary N) is 1. The Morgan fingerprint density at radius 1 is 1.20 bits per heavy atom. The standard InChI is InChI=1S/C16H21N3O/c1-2-8-15(9-3-1)20-13-11-18-16-17-10-12-19(16)14-6-4-5-7-14/h1-3,8-10,12,14H,4-7,11,13H2,(H,17,18). The predicted octanol–water partition coefficient (Wildman–Crippen LogP) is 3.49. The van der Waals surface area contributed by atoms with Crippen LogP contribution in [-0.4, -0.2) is 22.7 Å². The van der Waals surface area contributed by atoms with Crippen molar-refractivity contribution in [3.05, 3.63) is 42.7 Å². The van der Waals surface area contributed by atoms with Gasteiger partial charge in [-0.3, -0.25) is 0 Å². The second-order valence-corrected chi connectivity index (χ2v) is 5.18. The highest BCUT2D eigenvalue weighted by Gasteiger charge is 2.18. The summed E-state index contributed by atoms with van der Waals surface area (Å²) in [4.78, 5) is 4.40. The van der Waals surface area contributed by atoms with Gasteiger partial charge in [-0.1, -0.05) is 31.0 Å². The van der Waals surface area contributed by atoms with Crippen molar-refractivity contribution in [2.45, 2.75) is 31.7 Å². The normalized spacial score (nSPS) is 15.4. The maximum absolute atomic E-state index is 5.67. The average molecular weight is 271 g/mol. The number of benzene rings is 1. The summed E-state index contributed by atoms with van der Waals surface area (Å²) in [7, 11) is 0. The van der Waals surface area contributed by atoms with Gasteiger partial charge in [-0.05, 0) is 25.0 Å². The molecule has 1 heterocycles. The van der Waals surface area contributed by atoms with Crippen LogP contribution < -0.4 is 10.1 Å². The number of imidazole rings is 1. The van der Waals surface area contributed by atoms with Crippen LogP contribution in [0.4, 0.5) is 5.95 Å². The van der Waals surface area contributed by atoms with Gasteiger partial charge in [0.15, 0.2) is 0 Å². The van der Waals surface area contributed by atoms with Gasteiger partial charge in [0, 0.05) is 18.4 Å². The van der Waals surface area contributed by atoms with Gasteiger partial charge < -0.3 is 14.6 Å². The van der Waals surface area contributed by atoms with Gasteiger partial charge in [-0.2, -0.15) is 0 Å². The average Bonchev–Trinajstić information content (AvgIpc) is 3.15. The van der Waals surface area contributed by atoms with Crippen molar-refractivity contribution >= 4 is 5.95 Å². The lowest BCUT2D eigenvalue weighted by Crippen LogP contribution is -2.16. The van der Waals surface area contributed by atoms with Crippen molar-refractivity contribution in [2.75, 3.05) is 18.5 Å². The van der Waals surface area contributed by atoms with Crippen molar-refractivity contribution in [3.8, 4) is 5.75 Å². The largest absolute Gasteiger partial charge is 0.492 e. The number of rotatable bonds is 6. The maximum atomic E-state index is 5.67. The van der Waals surface area contributed by atoms with Gasteiger partial charge in [-0.15, -0.1) is 0 Å². The lowest BCUT2D eigenvalue weighted by atomic mass is 10.2. The minimum Gasteiger partial charge on any atom is -0.492 e. The van der Waals surface area contributed by atoms with E-state index in [1.807, 2.05) is 36.5 Å². The molecule has 0 unspecified atom stereocenters. The summed E-state index contributed by atoms with van der Waals surface area (Å²) in [5.74, 6) is 1.88. The number of nitrogens with zero attached hydrogens (tertiary/aromatic N) is 2. The molecule has 1 aliphatic rings. The van der Waals surface area contributed by atoms with Gasteiger partial charge >= 0.3 is 0 Å². The molecule has 1 N–H and O–H groups in total. The molecule has 0 aliphatic heterocycles. The van der Waals surface area contributed by atoms with Gasteiger partial charge in [0.2, 0.25) is 5.95 Å². The highest BCUT2D eigenvalue weighted by molar-refractivity contribution is 5.27. The third-order valence-corrected chi connectivity index (χ3v) is 3.78. The molecule has 4 heteroatoms. The summed E-state index contributed by atoms with van der Waals surface area (Å²) in [5.41, 5.74) is 0. The first-order chi connectivity index (χ1) is 9.93. The molecule has 0 atom stereocenters. The van der Waals surface area contributed by atoms with Crippen molar-refractivity contribution < 1.29 is 4.74 Å². The van der Waals surface area contributed by atoms with E-state index in [0.29, 0.717) is 12.6 Å².